The van der Waals surface area contributed by atoms with Crippen molar-refractivity contribution < 1.29 is 28.6 Å². The molecule has 0 aromatic carbocycles. The molecule has 0 aromatic rings. The molecule has 44 heavy (non-hydrogen) atoms. The van der Waals surface area contributed by atoms with E-state index in [1.54, 1.807) is 13.0 Å². The summed E-state index contributed by atoms with van der Waals surface area (Å²) in [5.41, 5.74) is 0.341. The van der Waals surface area contributed by atoms with Gasteiger partial charge in [0.05, 0.1) is 17.8 Å². The number of carbonyl (C=O) groups excluding carboxylic acids is 2. The van der Waals surface area contributed by atoms with E-state index in [1.807, 2.05) is 26.8 Å². The molecule has 1 aliphatic heterocycles. The predicted octanol–water partition coefficient (Wildman–Crippen LogP) is 9.28. The SMILES string of the molecule is C=C[C@@H](C)[C@H](C[C@@](C)(O)C(=O)C[C@H](C)/C=C/C(=O)O[C@@H]1C[C@@](C)(CCC)O[C@H]1CCC(=C)C)O[Si](C(C)C)(C(C)C)C(C)C. The first-order valence-electron chi connectivity index (χ1n) is 17.0. The van der Waals surface area contributed by atoms with Crippen LogP contribution in [0.4, 0.5) is 0 Å². The number of hydrogen-bond donors (Lipinski definition) is 1. The predicted molar refractivity (Wildman–Crippen MR) is 185 cm³/mol. The number of ether oxygens (including phenoxy) is 2. The molecule has 0 radical (unpaired) electrons. The Morgan fingerprint density at radius 1 is 1.11 bits per heavy atom. The molecule has 0 aromatic heterocycles. The van der Waals surface area contributed by atoms with Crippen LogP contribution in [0.3, 0.4) is 0 Å². The lowest BCUT2D eigenvalue weighted by molar-refractivity contribution is -0.146. The van der Waals surface area contributed by atoms with E-state index in [9.17, 15) is 14.7 Å². The molecule has 6 nitrogen and oxygen atoms in total. The van der Waals surface area contributed by atoms with Crippen LogP contribution in [0.15, 0.2) is 37.0 Å². The molecule has 254 valence electrons. The number of rotatable bonds is 20. The van der Waals surface area contributed by atoms with Crippen molar-refractivity contribution in [1.82, 2.24) is 0 Å². The van der Waals surface area contributed by atoms with Gasteiger partial charge in [0.2, 0.25) is 8.32 Å². The molecule has 1 heterocycles. The van der Waals surface area contributed by atoms with Crippen molar-refractivity contribution in [1.29, 1.82) is 0 Å². The zero-order valence-corrected chi connectivity index (χ0v) is 31.2. The first kappa shape index (κ1) is 40.5. The van der Waals surface area contributed by atoms with E-state index in [4.69, 9.17) is 13.9 Å². The highest BCUT2D eigenvalue weighted by atomic mass is 28.4. The summed E-state index contributed by atoms with van der Waals surface area (Å²) in [6.45, 7) is 33.1. The lowest BCUT2D eigenvalue weighted by atomic mass is 9.85. The highest BCUT2D eigenvalue weighted by molar-refractivity contribution is 6.77. The lowest BCUT2D eigenvalue weighted by Gasteiger charge is -2.46. The summed E-state index contributed by atoms with van der Waals surface area (Å²) in [4.78, 5) is 26.3. The molecule has 1 rings (SSSR count). The normalized spacial score (nSPS) is 24.5. The number of aliphatic hydroxyl groups is 1. The third-order valence-corrected chi connectivity index (χ3v) is 15.8. The van der Waals surface area contributed by atoms with Crippen molar-refractivity contribution in [2.24, 2.45) is 11.8 Å². The molecule has 1 saturated heterocycles. The lowest BCUT2D eigenvalue weighted by Crippen LogP contribution is -2.53. The van der Waals surface area contributed by atoms with Crippen LogP contribution in [0.2, 0.25) is 16.6 Å². The smallest absolute Gasteiger partial charge is 0.330 e. The van der Waals surface area contributed by atoms with Gasteiger partial charge in [-0.05, 0) is 68.5 Å². The number of carbonyl (C=O) groups is 2. The van der Waals surface area contributed by atoms with Crippen molar-refractivity contribution in [3.63, 3.8) is 0 Å². The Bertz CT molecular complexity index is 961. The van der Waals surface area contributed by atoms with Crippen LogP contribution in [-0.2, 0) is 23.5 Å². The van der Waals surface area contributed by atoms with Crippen LogP contribution in [0.25, 0.3) is 0 Å². The Morgan fingerprint density at radius 2 is 1.68 bits per heavy atom. The number of allylic oxidation sites excluding steroid dienone is 2. The zero-order valence-electron chi connectivity index (χ0n) is 30.2. The topological polar surface area (TPSA) is 82.1 Å². The second-order valence-electron chi connectivity index (χ2n) is 15.0. The van der Waals surface area contributed by atoms with Gasteiger partial charge in [-0.15, -0.1) is 13.2 Å². The molecular weight excluding hydrogens is 568 g/mol. The van der Waals surface area contributed by atoms with E-state index in [1.165, 1.54) is 6.08 Å². The first-order chi connectivity index (χ1) is 20.2. The Morgan fingerprint density at radius 3 is 2.16 bits per heavy atom. The first-order valence-corrected chi connectivity index (χ1v) is 19.2. The van der Waals surface area contributed by atoms with E-state index >= 15 is 0 Å². The summed E-state index contributed by atoms with van der Waals surface area (Å²) < 4.78 is 19.3. The standard InChI is InChI=1S/C37H66O6Si/c1-15-21-36(13)23-33(31(42-36)19-17-25(3)4)41-35(39)20-18-29(11)22-34(38)37(14,40)24-32(30(12)16-2)43-44(26(5)6,27(7)8)28(9)10/h16,18,20,26-33,40H,2-3,15,17,19,21-24H2,1,4-14H3/b20-18+/t29-,30-,31+,32+,33-,36-,37-/m1/s1. The quantitative estimate of drug-likeness (QED) is 0.0622. The Kier molecular flexibility index (Phi) is 16.0. The molecular formula is C37H66O6Si. The van der Waals surface area contributed by atoms with Gasteiger partial charge in [0, 0.05) is 25.3 Å². The fourth-order valence-corrected chi connectivity index (χ4v) is 12.8. The molecule has 0 amide bonds. The second kappa shape index (κ2) is 17.4. The highest BCUT2D eigenvalue weighted by Crippen LogP contribution is 2.45. The number of hydrogen-bond acceptors (Lipinski definition) is 6. The maximum Gasteiger partial charge on any atom is 0.330 e. The van der Waals surface area contributed by atoms with E-state index in [0.29, 0.717) is 23.0 Å². The van der Waals surface area contributed by atoms with Crippen molar-refractivity contribution >= 4 is 20.1 Å². The average molecular weight is 635 g/mol. The molecule has 7 heteroatoms. The van der Waals surface area contributed by atoms with Gasteiger partial charge in [-0.3, -0.25) is 4.79 Å². The second-order valence-corrected chi connectivity index (χ2v) is 20.4. The van der Waals surface area contributed by atoms with Crippen molar-refractivity contribution in [3.8, 4) is 0 Å². The van der Waals surface area contributed by atoms with Gasteiger partial charge in [0.1, 0.15) is 11.7 Å². The van der Waals surface area contributed by atoms with E-state index in [2.05, 4.69) is 68.5 Å². The monoisotopic (exact) mass is 634 g/mol. The summed E-state index contributed by atoms with van der Waals surface area (Å²) in [5, 5.41) is 11.5. The maximum atomic E-state index is 13.4. The summed E-state index contributed by atoms with van der Waals surface area (Å²) in [6.07, 6.45) is 8.63. The summed E-state index contributed by atoms with van der Waals surface area (Å²) in [7, 11) is -2.25. The van der Waals surface area contributed by atoms with E-state index in [-0.39, 0.29) is 54.4 Å². The molecule has 0 bridgehead atoms. The molecule has 1 N–H and O–H groups in total. The summed E-state index contributed by atoms with van der Waals surface area (Å²) >= 11 is 0. The van der Waals surface area contributed by atoms with Crippen molar-refractivity contribution in [2.45, 2.75) is 174 Å². The molecule has 0 spiro atoms. The Balaban J connectivity index is 2.95. The van der Waals surface area contributed by atoms with E-state index in [0.717, 1.165) is 31.3 Å². The number of esters is 1. The Hall–Kier alpha value is -1.54. The number of ketones is 1. The fourth-order valence-electron chi connectivity index (χ4n) is 7.16. The maximum absolute atomic E-state index is 13.4. The van der Waals surface area contributed by atoms with Crippen LogP contribution >= 0.6 is 0 Å². The van der Waals surface area contributed by atoms with Gasteiger partial charge in [-0.2, -0.15) is 0 Å². The largest absolute Gasteiger partial charge is 0.456 e. The van der Waals surface area contributed by atoms with Crippen LogP contribution in [0.1, 0.15) is 128 Å². The fraction of sp³-hybridized carbons (Fsp3) is 0.784. The van der Waals surface area contributed by atoms with Gasteiger partial charge in [0.25, 0.3) is 0 Å². The average Bonchev–Trinajstić information content (AvgIpc) is 3.21. The van der Waals surface area contributed by atoms with Gasteiger partial charge in [-0.25, -0.2) is 4.79 Å². The van der Waals surface area contributed by atoms with Crippen LogP contribution in [0, 0.1) is 11.8 Å². The Labute approximate surface area is 271 Å². The van der Waals surface area contributed by atoms with Gasteiger partial charge in [0.15, 0.2) is 5.78 Å². The minimum absolute atomic E-state index is 0.0255. The van der Waals surface area contributed by atoms with Crippen LogP contribution in [-0.4, -0.2) is 54.7 Å². The molecule has 0 saturated carbocycles. The van der Waals surface area contributed by atoms with Crippen LogP contribution < -0.4 is 0 Å². The van der Waals surface area contributed by atoms with Crippen LogP contribution in [0.5, 0.6) is 0 Å². The summed E-state index contributed by atoms with van der Waals surface area (Å²) in [6, 6.07) is 0. The molecule has 1 fully saturated rings. The molecule has 1 aliphatic rings. The summed E-state index contributed by atoms with van der Waals surface area (Å²) in [5.74, 6) is -0.977. The third-order valence-electron chi connectivity index (χ3n) is 9.67. The highest BCUT2D eigenvalue weighted by Gasteiger charge is 2.48. The zero-order chi connectivity index (χ0) is 34.0. The van der Waals surface area contributed by atoms with Crippen molar-refractivity contribution in [3.05, 3.63) is 37.0 Å². The van der Waals surface area contributed by atoms with Gasteiger partial charge in [-0.1, -0.05) is 86.5 Å². The number of Topliss-reactive ketones (excluding diaryl/α,β-unsaturated/α-hetero) is 1. The third kappa shape index (κ3) is 11.4. The van der Waals surface area contributed by atoms with Gasteiger partial charge < -0.3 is 19.0 Å². The minimum atomic E-state index is -2.25. The van der Waals surface area contributed by atoms with E-state index < -0.39 is 19.9 Å². The molecule has 0 aliphatic carbocycles. The molecule has 0 unspecified atom stereocenters. The minimum Gasteiger partial charge on any atom is -0.456 e. The van der Waals surface area contributed by atoms with Gasteiger partial charge >= 0.3 is 5.97 Å². The van der Waals surface area contributed by atoms with Crippen molar-refractivity contribution in [2.75, 3.05) is 0 Å². The molecule has 7 atom stereocenters.